The van der Waals surface area contributed by atoms with Gasteiger partial charge in [0, 0.05) is 6.54 Å². The fraction of sp³-hybridized carbons (Fsp3) is 0.308. The van der Waals surface area contributed by atoms with E-state index in [0.717, 1.165) is 11.3 Å². The molecule has 2 aromatic rings. The fourth-order valence-electron chi connectivity index (χ4n) is 1.54. The summed E-state index contributed by atoms with van der Waals surface area (Å²) in [5.41, 5.74) is 1.11. The van der Waals surface area contributed by atoms with Crippen molar-refractivity contribution < 1.29 is 9.52 Å². The average molecular weight is 232 g/mol. The highest BCUT2D eigenvalue weighted by Gasteiger charge is 2.10. The van der Waals surface area contributed by atoms with Gasteiger partial charge in [-0.25, -0.2) is 4.98 Å². The van der Waals surface area contributed by atoms with Crippen LogP contribution in [0.25, 0.3) is 0 Å². The summed E-state index contributed by atoms with van der Waals surface area (Å²) in [5, 5.41) is 12.5. The largest absolute Gasteiger partial charge is 0.508 e. The van der Waals surface area contributed by atoms with E-state index in [1.807, 2.05) is 26.0 Å². The molecule has 0 bridgehead atoms. The van der Waals surface area contributed by atoms with Crippen LogP contribution in [-0.4, -0.2) is 10.1 Å². The molecule has 0 aliphatic rings. The lowest BCUT2D eigenvalue weighted by Crippen LogP contribution is -2.18. The molecular formula is C13H16N2O2. The Labute approximate surface area is 100 Å². The number of aromatic nitrogens is 1. The van der Waals surface area contributed by atoms with E-state index in [1.54, 1.807) is 18.3 Å². The number of hydrogen-bond acceptors (Lipinski definition) is 4. The molecule has 0 aliphatic heterocycles. The Balaban J connectivity index is 1.92. The van der Waals surface area contributed by atoms with Gasteiger partial charge in [0.15, 0.2) is 0 Å². The zero-order valence-electron chi connectivity index (χ0n) is 9.97. The van der Waals surface area contributed by atoms with E-state index < -0.39 is 0 Å². The molecule has 0 amide bonds. The minimum absolute atomic E-state index is 0.0671. The predicted molar refractivity (Wildman–Crippen MR) is 64.6 cm³/mol. The minimum atomic E-state index is 0.0671. The second-order valence-corrected chi connectivity index (χ2v) is 4.08. The quantitative estimate of drug-likeness (QED) is 0.850. The van der Waals surface area contributed by atoms with Crippen molar-refractivity contribution in [2.45, 2.75) is 26.4 Å². The van der Waals surface area contributed by atoms with Crippen LogP contribution in [0, 0.1) is 6.92 Å². The Morgan fingerprint density at radius 1 is 1.35 bits per heavy atom. The summed E-state index contributed by atoms with van der Waals surface area (Å²) in [5.74, 6) is 1.80. The number of nitrogens with zero attached hydrogens (tertiary/aromatic N) is 1. The molecule has 1 aromatic heterocycles. The van der Waals surface area contributed by atoms with Crippen molar-refractivity contribution in [3.63, 3.8) is 0 Å². The van der Waals surface area contributed by atoms with Gasteiger partial charge in [0.05, 0.1) is 12.2 Å². The van der Waals surface area contributed by atoms with Crippen LogP contribution in [0.2, 0.25) is 0 Å². The van der Waals surface area contributed by atoms with Gasteiger partial charge in [-0.05, 0) is 31.5 Å². The molecule has 4 heteroatoms. The number of hydrogen-bond donors (Lipinski definition) is 2. The maximum absolute atomic E-state index is 9.17. The molecule has 90 valence electrons. The lowest BCUT2D eigenvalue weighted by Gasteiger charge is -2.10. The lowest BCUT2D eigenvalue weighted by molar-refractivity contribution is 0.402. The Morgan fingerprint density at radius 2 is 2.06 bits per heavy atom. The van der Waals surface area contributed by atoms with Crippen LogP contribution in [0.1, 0.15) is 30.2 Å². The highest BCUT2D eigenvalue weighted by molar-refractivity contribution is 5.25. The minimum Gasteiger partial charge on any atom is -0.508 e. The average Bonchev–Trinajstić information content (AvgIpc) is 2.75. The van der Waals surface area contributed by atoms with E-state index in [0.29, 0.717) is 12.4 Å². The molecule has 0 fully saturated rings. The van der Waals surface area contributed by atoms with Crippen LogP contribution in [0.5, 0.6) is 5.75 Å². The van der Waals surface area contributed by atoms with Crippen LogP contribution in [0.4, 0.5) is 0 Å². The molecule has 0 aliphatic carbocycles. The van der Waals surface area contributed by atoms with Gasteiger partial charge in [0.1, 0.15) is 11.5 Å². The Bertz CT molecular complexity index is 476. The van der Waals surface area contributed by atoms with Crippen molar-refractivity contribution in [1.82, 2.24) is 10.3 Å². The van der Waals surface area contributed by atoms with Crippen molar-refractivity contribution in [3.05, 3.63) is 47.7 Å². The number of rotatable bonds is 4. The van der Waals surface area contributed by atoms with Gasteiger partial charge in [-0.2, -0.15) is 0 Å². The topological polar surface area (TPSA) is 58.3 Å². The van der Waals surface area contributed by atoms with E-state index in [1.165, 1.54) is 0 Å². The molecule has 1 aromatic carbocycles. The lowest BCUT2D eigenvalue weighted by atomic mass is 10.2. The first-order chi connectivity index (χ1) is 8.15. The highest BCUT2D eigenvalue weighted by Crippen LogP contribution is 2.14. The summed E-state index contributed by atoms with van der Waals surface area (Å²) in [6.45, 7) is 4.59. The van der Waals surface area contributed by atoms with E-state index >= 15 is 0 Å². The normalized spacial score (nSPS) is 12.6. The summed E-state index contributed by atoms with van der Waals surface area (Å²) in [4.78, 5) is 4.17. The zero-order valence-corrected chi connectivity index (χ0v) is 9.97. The molecule has 1 unspecified atom stereocenters. The predicted octanol–water partition coefficient (Wildman–Crippen LogP) is 2.54. The second kappa shape index (κ2) is 5.01. The van der Waals surface area contributed by atoms with E-state index in [-0.39, 0.29) is 11.8 Å². The first-order valence-corrected chi connectivity index (χ1v) is 5.59. The molecular weight excluding hydrogens is 216 g/mol. The third-order valence-electron chi connectivity index (χ3n) is 2.56. The standard InChI is InChI=1S/C13H16N2O2/c1-9-7-15-13(17-9)10(2)14-8-11-3-5-12(16)6-4-11/h3-7,10,14,16H,8H2,1-2H3. The maximum atomic E-state index is 9.17. The number of phenols is 1. The third-order valence-corrected chi connectivity index (χ3v) is 2.56. The van der Waals surface area contributed by atoms with Crippen molar-refractivity contribution in [3.8, 4) is 5.75 Å². The van der Waals surface area contributed by atoms with Crippen LogP contribution in [-0.2, 0) is 6.54 Å². The monoisotopic (exact) mass is 232 g/mol. The molecule has 0 saturated carbocycles. The molecule has 0 saturated heterocycles. The van der Waals surface area contributed by atoms with Gasteiger partial charge in [0.25, 0.3) is 0 Å². The van der Waals surface area contributed by atoms with E-state index in [2.05, 4.69) is 10.3 Å². The molecule has 17 heavy (non-hydrogen) atoms. The van der Waals surface area contributed by atoms with Gasteiger partial charge in [-0.3, -0.25) is 0 Å². The first kappa shape index (κ1) is 11.7. The van der Waals surface area contributed by atoms with Gasteiger partial charge in [0.2, 0.25) is 5.89 Å². The SMILES string of the molecule is Cc1cnc(C(C)NCc2ccc(O)cc2)o1. The van der Waals surface area contributed by atoms with E-state index in [9.17, 15) is 0 Å². The maximum Gasteiger partial charge on any atom is 0.211 e. The van der Waals surface area contributed by atoms with Crippen molar-refractivity contribution >= 4 is 0 Å². The van der Waals surface area contributed by atoms with Crippen molar-refractivity contribution in [1.29, 1.82) is 0 Å². The third kappa shape index (κ3) is 3.07. The smallest absolute Gasteiger partial charge is 0.211 e. The summed E-state index contributed by atoms with van der Waals surface area (Å²) in [6, 6.07) is 7.19. The summed E-state index contributed by atoms with van der Waals surface area (Å²) in [6.07, 6.45) is 1.72. The van der Waals surface area contributed by atoms with Crippen LogP contribution in [0.3, 0.4) is 0 Å². The zero-order chi connectivity index (χ0) is 12.3. The molecule has 1 heterocycles. The first-order valence-electron chi connectivity index (χ1n) is 5.59. The Hall–Kier alpha value is -1.81. The molecule has 0 spiro atoms. The molecule has 2 rings (SSSR count). The number of aromatic hydroxyl groups is 1. The molecule has 1 atom stereocenters. The highest BCUT2D eigenvalue weighted by atomic mass is 16.4. The Kier molecular flexibility index (Phi) is 3.44. The Morgan fingerprint density at radius 3 is 2.65 bits per heavy atom. The summed E-state index contributed by atoms with van der Waals surface area (Å²) < 4.78 is 5.44. The number of benzene rings is 1. The summed E-state index contributed by atoms with van der Waals surface area (Å²) in [7, 11) is 0. The van der Waals surface area contributed by atoms with Crippen LogP contribution < -0.4 is 5.32 Å². The van der Waals surface area contributed by atoms with Crippen LogP contribution in [0.15, 0.2) is 34.9 Å². The molecule has 4 nitrogen and oxygen atoms in total. The van der Waals surface area contributed by atoms with Crippen molar-refractivity contribution in [2.24, 2.45) is 0 Å². The van der Waals surface area contributed by atoms with Gasteiger partial charge in [-0.15, -0.1) is 0 Å². The number of phenolic OH excluding ortho intramolecular Hbond substituents is 1. The number of oxazole rings is 1. The van der Waals surface area contributed by atoms with Gasteiger partial charge in [-0.1, -0.05) is 12.1 Å². The molecule has 0 radical (unpaired) electrons. The van der Waals surface area contributed by atoms with Crippen molar-refractivity contribution in [2.75, 3.05) is 0 Å². The summed E-state index contributed by atoms with van der Waals surface area (Å²) >= 11 is 0. The van der Waals surface area contributed by atoms with Gasteiger partial charge < -0.3 is 14.8 Å². The fourth-order valence-corrected chi connectivity index (χ4v) is 1.54. The van der Waals surface area contributed by atoms with Crippen LogP contribution >= 0.6 is 0 Å². The number of aryl methyl sites for hydroxylation is 1. The molecule has 2 N–H and O–H groups in total. The van der Waals surface area contributed by atoms with E-state index in [4.69, 9.17) is 9.52 Å². The van der Waals surface area contributed by atoms with Gasteiger partial charge >= 0.3 is 0 Å². The number of nitrogens with one attached hydrogen (secondary N) is 1. The second-order valence-electron chi connectivity index (χ2n) is 4.08.